The lowest BCUT2D eigenvalue weighted by Crippen LogP contribution is -2.07. The van der Waals surface area contributed by atoms with Crippen molar-refractivity contribution >= 4 is 21.6 Å². The molecule has 6 heteroatoms. The first kappa shape index (κ1) is 15.3. The average molecular weight is 326 g/mol. The second kappa shape index (κ2) is 6.99. The Labute approximate surface area is 112 Å². The second-order valence-electron chi connectivity index (χ2n) is 3.94. The SMILES string of the molecule is OCCCCCNc1cc(Br)cc(C(F)(F)F)c1. The lowest BCUT2D eigenvalue weighted by Gasteiger charge is -2.11. The van der Waals surface area contributed by atoms with Crippen LogP contribution in [0.15, 0.2) is 22.7 Å². The molecule has 1 aromatic carbocycles. The van der Waals surface area contributed by atoms with Crippen molar-refractivity contribution in [2.24, 2.45) is 0 Å². The fourth-order valence-electron chi connectivity index (χ4n) is 1.50. The third-order valence-corrected chi connectivity index (χ3v) is 2.85. The molecule has 2 N–H and O–H groups in total. The van der Waals surface area contributed by atoms with Crippen molar-refractivity contribution in [1.82, 2.24) is 0 Å². The lowest BCUT2D eigenvalue weighted by molar-refractivity contribution is -0.137. The van der Waals surface area contributed by atoms with E-state index in [1.807, 2.05) is 0 Å². The van der Waals surface area contributed by atoms with Gasteiger partial charge < -0.3 is 10.4 Å². The first-order valence-electron chi connectivity index (χ1n) is 5.66. The molecule has 0 bridgehead atoms. The summed E-state index contributed by atoms with van der Waals surface area (Å²) in [6.45, 7) is 0.739. The fourth-order valence-corrected chi connectivity index (χ4v) is 1.99. The Kier molecular flexibility index (Phi) is 5.95. The maximum atomic E-state index is 12.6. The number of aliphatic hydroxyl groups is 1. The predicted octanol–water partition coefficient (Wildman–Crippen LogP) is 4.04. The molecule has 0 fully saturated rings. The molecule has 0 heterocycles. The monoisotopic (exact) mass is 325 g/mol. The fraction of sp³-hybridized carbons (Fsp3) is 0.500. The summed E-state index contributed by atoms with van der Waals surface area (Å²) in [4.78, 5) is 0. The van der Waals surface area contributed by atoms with E-state index in [-0.39, 0.29) is 6.61 Å². The van der Waals surface area contributed by atoms with Crippen molar-refractivity contribution in [3.05, 3.63) is 28.2 Å². The largest absolute Gasteiger partial charge is 0.416 e. The van der Waals surface area contributed by atoms with Gasteiger partial charge in [0.25, 0.3) is 0 Å². The van der Waals surface area contributed by atoms with Gasteiger partial charge >= 0.3 is 6.18 Å². The van der Waals surface area contributed by atoms with Gasteiger partial charge in [-0.1, -0.05) is 15.9 Å². The van der Waals surface area contributed by atoms with Gasteiger partial charge in [0.1, 0.15) is 0 Å². The molecule has 0 aliphatic rings. The van der Waals surface area contributed by atoms with E-state index >= 15 is 0 Å². The Hall–Kier alpha value is -0.750. The quantitative estimate of drug-likeness (QED) is 0.773. The zero-order valence-corrected chi connectivity index (χ0v) is 11.3. The van der Waals surface area contributed by atoms with E-state index in [4.69, 9.17) is 5.11 Å². The third-order valence-electron chi connectivity index (χ3n) is 2.39. The van der Waals surface area contributed by atoms with E-state index < -0.39 is 11.7 Å². The topological polar surface area (TPSA) is 32.3 Å². The van der Waals surface area contributed by atoms with Gasteiger partial charge in [-0.3, -0.25) is 0 Å². The van der Waals surface area contributed by atoms with Gasteiger partial charge in [0.05, 0.1) is 5.56 Å². The lowest BCUT2D eigenvalue weighted by atomic mass is 10.2. The van der Waals surface area contributed by atoms with Crippen molar-refractivity contribution in [1.29, 1.82) is 0 Å². The minimum atomic E-state index is -4.34. The second-order valence-corrected chi connectivity index (χ2v) is 4.85. The zero-order valence-electron chi connectivity index (χ0n) is 9.73. The Bertz CT molecular complexity index is 382. The van der Waals surface area contributed by atoms with E-state index in [0.717, 1.165) is 25.0 Å². The summed E-state index contributed by atoms with van der Waals surface area (Å²) < 4.78 is 38.1. The molecule has 2 nitrogen and oxygen atoms in total. The maximum Gasteiger partial charge on any atom is 0.416 e. The van der Waals surface area contributed by atoms with Gasteiger partial charge in [0.2, 0.25) is 0 Å². The molecule has 0 saturated heterocycles. The number of aliphatic hydroxyl groups excluding tert-OH is 1. The first-order chi connectivity index (χ1) is 8.43. The number of halogens is 4. The summed E-state index contributed by atoms with van der Waals surface area (Å²) in [5.41, 5.74) is -0.226. The van der Waals surface area contributed by atoms with Gasteiger partial charge in [-0.25, -0.2) is 0 Å². The van der Waals surface area contributed by atoms with Crippen LogP contribution < -0.4 is 5.32 Å². The number of anilines is 1. The molecule has 0 aliphatic carbocycles. The summed E-state index contributed by atoms with van der Waals surface area (Å²) in [7, 11) is 0. The zero-order chi connectivity index (χ0) is 13.6. The van der Waals surface area contributed by atoms with Crippen molar-refractivity contribution in [3.63, 3.8) is 0 Å². The molecule has 0 atom stereocenters. The summed E-state index contributed by atoms with van der Waals surface area (Å²) in [6, 6.07) is 3.76. The number of alkyl halides is 3. The number of benzene rings is 1. The van der Waals surface area contributed by atoms with Gasteiger partial charge in [0, 0.05) is 23.3 Å². The molecular weight excluding hydrogens is 311 g/mol. The summed E-state index contributed by atoms with van der Waals surface area (Å²) in [5, 5.41) is 11.5. The van der Waals surface area contributed by atoms with Crippen molar-refractivity contribution < 1.29 is 18.3 Å². The third kappa shape index (κ3) is 5.27. The van der Waals surface area contributed by atoms with Gasteiger partial charge in [-0.2, -0.15) is 13.2 Å². The van der Waals surface area contributed by atoms with Crippen molar-refractivity contribution in [2.75, 3.05) is 18.5 Å². The molecule has 0 aromatic heterocycles. The standard InChI is InChI=1S/C12H15BrF3NO/c13-10-6-9(12(14,15)16)7-11(8-10)17-4-2-1-3-5-18/h6-8,17-18H,1-5H2. The number of hydrogen-bond donors (Lipinski definition) is 2. The van der Waals surface area contributed by atoms with Crippen LogP contribution in [-0.4, -0.2) is 18.3 Å². The molecule has 18 heavy (non-hydrogen) atoms. The number of hydrogen-bond acceptors (Lipinski definition) is 2. The number of unbranched alkanes of at least 4 members (excludes halogenated alkanes) is 2. The Morgan fingerprint density at radius 1 is 1.11 bits per heavy atom. The highest BCUT2D eigenvalue weighted by atomic mass is 79.9. The van der Waals surface area contributed by atoms with Crippen molar-refractivity contribution in [3.8, 4) is 0 Å². The van der Waals surface area contributed by atoms with E-state index in [1.165, 1.54) is 0 Å². The highest BCUT2D eigenvalue weighted by molar-refractivity contribution is 9.10. The molecule has 0 saturated carbocycles. The Morgan fingerprint density at radius 3 is 2.44 bits per heavy atom. The van der Waals surface area contributed by atoms with E-state index in [9.17, 15) is 13.2 Å². The molecular formula is C12H15BrF3NO. The van der Waals surface area contributed by atoms with Gasteiger partial charge in [0.15, 0.2) is 0 Å². The highest BCUT2D eigenvalue weighted by Crippen LogP contribution is 2.33. The van der Waals surface area contributed by atoms with Crippen LogP contribution in [0.2, 0.25) is 0 Å². The maximum absolute atomic E-state index is 12.6. The molecule has 0 radical (unpaired) electrons. The predicted molar refractivity (Wildman–Crippen MR) is 68.6 cm³/mol. The summed E-state index contributed by atoms with van der Waals surface area (Å²) in [6.07, 6.45) is -1.96. The van der Waals surface area contributed by atoms with Crippen LogP contribution in [0.3, 0.4) is 0 Å². The molecule has 0 unspecified atom stereocenters. The van der Waals surface area contributed by atoms with Crippen LogP contribution >= 0.6 is 15.9 Å². The molecule has 0 spiro atoms. The molecule has 1 rings (SSSR count). The average Bonchev–Trinajstić information content (AvgIpc) is 2.27. The summed E-state index contributed by atoms with van der Waals surface area (Å²) >= 11 is 3.07. The van der Waals surface area contributed by atoms with Crippen LogP contribution in [0.5, 0.6) is 0 Å². The molecule has 0 amide bonds. The van der Waals surface area contributed by atoms with Crippen LogP contribution in [-0.2, 0) is 6.18 Å². The van der Waals surface area contributed by atoms with E-state index in [2.05, 4.69) is 21.2 Å². The van der Waals surface area contributed by atoms with Crippen LogP contribution in [0, 0.1) is 0 Å². The molecule has 102 valence electrons. The smallest absolute Gasteiger partial charge is 0.396 e. The number of nitrogens with one attached hydrogen (secondary N) is 1. The minimum absolute atomic E-state index is 0.148. The van der Waals surface area contributed by atoms with Gasteiger partial charge in [-0.15, -0.1) is 0 Å². The normalized spacial score (nSPS) is 11.6. The van der Waals surface area contributed by atoms with Crippen LogP contribution in [0.25, 0.3) is 0 Å². The Morgan fingerprint density at radius 2 is 1.83 bits per heavy atom. The molecule has 0 aliphatic heterocycles. The highest BCUT2D eigenvalue weighted by Gasteiger charge is 2.31. The van der Waals surface area contributed by atoms with E-state index in [0.29, 0.717) is 23.1 Å². The van der Waals surface area contributed by atoms with E-state index in [1.54, 1.807) is 6.07 Å². The van der Waals surface area contributed by atoms with Crippen molar-refractivity contribution in [2.45, 2.75) is 25.4 Å². The van der Waals surface area contributed by atoms with Crippen LogP contribution in [0.1, 0.15) is 24.8 Å². The number of rotatable bonds is 6. The van der Waals surface area contributed by atoms with Crippen LogP contribution in [0.4, 0.5) is 18.9 Å². The Balaban J connectivity index is 2.58. The van der Waals surface area contributed by atoms with Gasteiger partial charge in [-0.05, 0) is 37.5 Å². The molecule has 1 aromatic rings. The minimum Gasteiger partial charge on any atom is -0.396 e. The first-order valence-corrected chi connectivity index (χ1v) is 6.45. The summed E-state index contributed by atoms with van der Waals surface area (Å²) in [5.74, 6) is 0.